The van der Waals surface area contributed by atoms with Gasteiger partial charge >= 0.3 is 0 Å². The number of benzene rings is 3. The Balaban J connectivity index is 1.88. The third-order valence-electron chi connectivity index (χ3n) is 5.35. The van der Waals surface area contributed by atoms with Crippen LogP contribution in [0.2, 0.25) is 15.1 Å². The van der Waals surface area contributed by atoms with Crippen LogP contribution in [-0.4, -0.2) is 25.9 Å². The molecule has 172 valence electrons. The predicted octanol–water partition coefficient (Wildman–Crippen LogP) is 6.29. The maximum atomic E-state index is 14.5. The summed E-state index contributed by atoms with van der Waals surface area (Å²) in [4.78, 5) is 13.4. The topological polar surface area (TPSA) is 57.7 Å². The van der Waals surface area contributed by atoms with Gasteiger partial charge in [-0.1, -0.05) is 46.9 Å². The Kier molecular flexibility index (Phi) is 6.30. The highest BCUT2D eigenvalue weighted by atomic mass is 35.5. The molecule has 4 rings (SSSR count). The maximum Gasteiger partial charge on any atom is 0.271 e. The highest BCUT2D eigenvalue weighted by Gasteiger charge is 2.41. The van der Waals surface area contributed by atoms with Crippen molar-refractivity contribution in [2.24, 2.45) is 0 Å². The molecule has 3 aromatic carbocycles. The average Bonchev–Trinajstić information content (AvgIpc) is 2.73. The van der Waals surface area contributed by atoms with Gasteiger partial charge < -0.3 is 4.90 Å². The summed E-state index contributed by atoms with van der Waals surface area (Å²) in [5, 5.41) is 0.817. The van der Waals surface area contributed by atoms with E-state index in [4.69, 9.17) is 34.8 Å². The van der Waals surface area contributed by atoms with Gasteiger partial charge in [-0.25, -0.2) is 21.5 Å². The van der Waals surface area contributed by atoms with E-state index in [0.717, 1.165) is 22.5 Å². The number of anilines is 1. The molecule has 0 radical (unpaired) electrons. The molecule has 0 N–H and O–H groups in total. The van der Waals surface area contributed by atoms with Crippen LogP contribution in [0.1, 0.15) is 28.9 Å². The lowest BCUT2D eigenvalue weighted by atomic mass is 10.0. The highest BCUT2D eigenvalue weighted by molar-refractivity contribution is 7.92. The van der Waals surface area contributed by atoms with Crippen molar-refractivity contribution in [2.75, 3.05) is 11.0 Å². The maximum absolute atomic E-state index is 14.5. The van der Waals surface area contributed by atoms with Gasteiger partial charge in [0.25, 0.3) is 15.9 Å². The van der Waals surface area contributed by atoms with Gasteiger partial charge in [-0.15, -0.1) is 0 Å². The van der Waals surface area contributed by atoms with E-state index in [1.165, 1.54) is 29.2 Å². The molecule has 33 heavy (non-hydrogen) atoms. The lowest BCUT2D eigenvalue weighted by Crippen LogP contribution is -2.50. The first-order valence-electron chi connectivity index (χ1n) is 9.54. The normalized spacial score (nSPS) is 14.9. The second-order valence-corrected chi connectivity index (χ2v) is 10.4. The summed E-state index contributed by atoms with van der Waals surface area (Å²) in [5.74, 6) is -3.01. The van der Waals surface area contributed by atoms with Crippen molar-refractivity contribution in [2.45, 2.75) is 17.9 Å². The second-order valence-electron chi connectivity index (χ2n) is 7.32. The molecule has 0 bridgehead atoms. The number of rotatable bonds is 4. The molecule has 1 heterocycles. The van der Waals surface area contributed by atoms with Gasteiger partial charge in [0, 0.05) is 15.1 Å². The van der Waals surface area contributed by atoms with Crippen LogP contribution in [0.4, 0.5) is 14.5 Å². The van der Waals surface area contributed by atoms with Crippen molar-refractivity contribution in [1.82, 2.24) is 4.90 Å². The zero-order valence-electron chi connectivity index (χ0n) is 16.9. The number of fused-ring (bicyclic) bond motifs is 1. The summed E-state index contributed by atoms with van der Waals surface area (Å²) in [6.07, 6.45) is 0. The summed E-state index contributed by atoms with van der Waals surface area (Å²) in [7, 11) is -4.77. The fraction of sp³-hybridized carbons (Fsp3) is 0.136. The first-order valence-corrected chi connectivity index (χ1v) is 12.1. The zero-order chi connectivity index (χ0) is 24.1. The van der Waals surface area contributed by atoms with E-state index in [1.54, 1.807) is 19.1 Å². The van der Waals surface area contributed by atoms with Gasteiger partial charge in [0.05, 0.1) is 17.3 Å². The molecule has 0 unspecified atom stereocenters. The van der Waals surface area contributed by atoms with E-state index < -0.39 is 45.2 Å². The van der Waals surface area contributed by atoms with Gasteiger partial charge in [0.15, 0.2) is 4.90 Å². The zero-order valence-corrected chi connectivity index (χ0v) is 20.0. The first-order chi connectivity index (χ1) is 15.5. The van der Waals surface area contributed by atoms with Crippen molar-refractivity contribution >= 4 is 56.4 Å². The van der Waals surface area contributed by atoms with Crippen LogP contribution in [0.5, 0.6) is 0 Å². The summed E-state index contributed by atoms with van der Waals surface area (Å²) >= 11 is 18.3. The lowest BCUT2D eigenvalue weighted by molar-refractivity contribution is 0.0685. The minimum Gasteiger partial charge on any atom is -0.313 e. The van der Waals surface area contributed by atoms with Crippen LogP contribution < -0.4 is 4.31 Å². The van der Waals surface area contributed by atoms with Crippen LogP contribution in [0.3, 0.4) is 0 Å². The average molecular weight is 532 g/mol. The van der Waals surface area contributed by atoms with E-state index in [1.807, 2.05) is 0 Å². The van der Waals surface area contributed by atoms with E-state index in [2.05, 4.69) is 0 Å². The summed E-state index contributed by atoms with van der Waals surface area (Å²) in [5.41, 5.74) is 0.435. The van der Waals surface area contributed by atoms with Crippen molar-refractivity contribution in [3.8, 4) is 0 Å². The molecule has 1 amide bonds. The number of hydrogen-bond donors (Lipinski definition) is 0. The Morgan fingerprint density at radius 3 is 2.18 bits per heavy atom. The number of carbonyl (C=O) groups is 1. The molecule has 0 fully saturated rings. The van der Waals surface area contributed by atoms with E-state index in [0.29, 0.717) is 10.6 Å². The molecule has 1 aliphatic rings. The van der Waals surface area contributed by atoms with Gasteiger partial charge in [-0.3, -0.25) is 4.79 Å². The molecule has 0 spiro atoms. The molecule has 11 heteroatoms. The molecular formula is C22H15Cl3F2N2O3S. The van der Waals surface area contributed by atoms with Crippen LogP contribution in [0.25, 0.3) is 0 Å². The summed E-state index contributed by atoms with van der Waals surface area (Å²) < 4.78 is 56.6. The Labute approximate surface area is 204 Å². The smallest absolute Gasteiger partial charge is 0.271 e. The third-order valence-corrected chi connectivity index (χ3v) is 7.94. The number of nitrogens with zero attached hydrogens (tertiary/aromatic N) is 2. The van der Waals surface area contributed by atoms with Crippen LogP contribution in [0, 0.1) is 11.6 Å². The minimum atomic E-state index is -4.77. The Morgan fingerprint density at radius 1 is 0.939 bits per heavy atom. The molecule has 1 aliphatic heterocycles. The van der Waals surface area contributed by atoms with E-state index in [9.17, 15) is 22.0 Å². The fourth-order valence-electron chi connectivity index (χ4n) is 3.68. The van der Waals surface area contributed by atoms with Crippen LogP contribution in [0.15, 0.2) is 59.5 Å². The Hall–Kier alpha value is -2.39. The monoisotopic (exact) mass is 530 g/mol. The largest absolute Gasteiger partial charge is 0.313 e. The Morgan fingerprint density at radius 2 is 1.55 bits per heavy atom. The van der Waals surface area contributed by atoms with Gasteiger partial charge in [0.1, 0.15) is 18.3 Å². The summed E-state index contributed by atoms with van der Waals surface area (Å²) in [6.45, 7) is 1.13. The molecule has 1 atom stereocenters. The van der Waals surface area contributed by atoms with Crippen molar-refractivity contribution < 1.29 is 22.0 Å². The molecule has 0 aliphatic carbocycles. The predicted molar refractivity (Wildman–Crippen MR) is 123 cm³/mol. The van der Waals surface area contributed by atoms with E-state index in [-0.39, 0.29) is 21.3 Å². The van der Waals surface area contributed by atoms with Crippen LogP contribution in [-0.2, 0) is 10.0 Å². The molecular weight excluding hydrogens is 517 g/mol. The van der Waals surface area contributed by atoms with Gasteiger partial charge in [-0.2, -0.15) is 0 Å². The van der Waals surface area contributed by atoms with Crippen molar-refractivity contribution in [3.63, 3.8) is 0 Å². The lowest BCUT2D eigenvalue weighted by Gasteiger charge is -2.40. The number of carbonyl (C=O) groups excluding carboxylic acids is 1. The van der Waals surface area contributed by atoms with Crippen LogP contribution >= 0.6 is 34.8 Å². The summed E-state index contributed by atoms with van der Waals surface area (Å²) in [6, 6.07) is 10.8. The molecule has 0 saturated carbocycles. The van der Waals surface area contributed by atoms with E-state index >= 15 is 0 Å². The molecule has 0 saturated heterocycles. The second kappa shape index (κ2) is 8.76. The SMILES string of the molecule is C[C@H](c1ccc(Cl)cc1Cl)N1CN(S(=O)(=O)c2c(F)cccc2F)c2cc(Cl)ccc2C1=O. The fourth-order valence-corrected chi connectivity index (χ4v) is 5.95. The quantitative estimate of drug-likeness (QED) is 0.397. The molecule has 3 aromatic rings. The third kappa shape index (κ3) is 4.17. The number of sulfonamides is 1. The molecule has 5 nitrogen and oxygen atoms in total. The van der Waals surface area contributed by atoms with Gasteiger partial charge in [-0.05, 0) is 55.0 Å². The van der Waals surface area contributed by atoms with Gasteiger partial charge in [0.2, 0.25) is 0 Å². The standard InChI is InChI=1S/C22H15Cl3F2N2O3S/c1-12(15-7-5-13(23)9-17(15)25)28-11-29(20-10-14(24)6-8-16(20)22(28)30)33(31,32)21-18(26)3-2-4-19(21)27/h2-10,12H,11H2,1H3/t12-/m1/s1. The van der Waals surface area contributed by atoms with Crippen molar-refractivity contribution in [1.29, 1.82) is 0 Å². The highest BCUT2D eigenvalue weighted by Crippen LogP contribution is 2.39. The number of amides is 1. The number of halogens is 5. The van der Waals surface area contributed by atoms with Crippen molar-refractivity contribution in [3.05, 3.63) is 92.4 Å². The minimum absolute atomic E-state index is 0.00269. The first kappa shape index (κ1) is 23.8. The molecule has 0 aromatic heterocycles. The number of hydrogen-bond acceptors (Lipinski definition) is 3. The Bertz CT molecular complexity index is 1370.